The Kier molecular flexibility index (Phi) is 16.8. The molecular formula is C19H36O4. The van der Waals surface area contributed by atoms with Gasteiger partial charge in [-0.1, -0.05) is 51.5 Å². The zero-order valence-electron chi connectivity index (χ0n) is 14.9. The minimum absolute atomic E-state index is 0.0360. The molecule has 0 aliphatic heterocycles. The van der Waals surface area contributed by atoms with Crippen LogP contribution in [-0.2, 0) is 14.3 Å². The Morgan fingerprint density at radius 1 is 1.04 bits per heavy atom. The lowest BCUT2D eigenvalue weighted by Gasteiger charge is -2.11. The van der Waals surface area contributed by atoms with Gasteiger partial charge < -0.3 is 14.6 Å². The fourth-order valence-electron chi connectivity index (χ4n) is 2.22. The lowest BCUT2D eigenvalue weighted by atomic mass is 10.1. The summed E-state index contributed by atoms with van der Waals surface area (Å²) in [6, 6.07) is 0. The summed E-state index contributed by atoms with van der Waals surface area (Å²) < 4.78 is 10.3. The minimum atomic E-state index is -0.716. The van der Waals surface area contributed by atoms with E-state index < -0.39 is 6.10 Å². The number of unbranched alkanes of at least 4 members (excludes halogenated alkanes) is 8. The number of hydrogen-bond acceptors (Lipinski definition) is 4. The smallest absolute Gasteiger partial charge is 0.305 e. The topological polar surface area (TPSA) is 55.8 Å². The van der Waals surface area contributed by atoms with E-state index in [2.05, 4.69) is 13.5 Å². The van der Waals surface area contributed by atoms with Crippen LogP contribution in [0, 0.1) is 0 Å². The molecule has 0 heterocycles. The Morgan fingerprint density at radius 3 is 2.35 bits per heavy atom. The van der Waals surface area contributed by atoms with Crippen LogP contribution in [0.25, 0.3) is 0 Å². The van der Waals surface area contributed by atoms with E-state index in [4.69, 9.17) is 9.47 Å². The average Bonchev–Trinajstić information content (AvgIpc) is 2.55. The molecule has 0 spiro atoms. The Labute approximate surface area is 142 Å². The number of esters is 1. The van der Waals surface area contributed by atoms with Crippen LogP contribution >= 0.6 is 0 Å². The molecule has 0 fully saturated rings. The van der Waals surface area contributed by atoms with Crippen LogP contribution < -0.4 is 0 Å². The maximum atomic E-state index is 11.5. The van der Waals surface area contributed by atoms with E-state index in [9.17, 15) is 9.90 Å². The Morgan fingerprint density at radius 2 is 1.70 bits per heavy atom. The zero-order valence-corrected chi connectivity index (χ0v) is 14.9. The second kappa shape index (κ2) is 17.5. The molecule has 0 aromatic carbocycles. The number of aliphatic hydroxyl groups is 1. The largest absolute Gasteiger partial charge is 0.463 e. The van der Waals surface area contributed by atoms with Gasteiger partial charge in [-0.3, -0.25) is 4.79 Å². The van der Waals surface area contributed by atoms with Crippen molar-refractivity contribution in [1.29, 1.82) is 0 Å². The molecule has 1 N–H and O–H groups in total. The first-order chi connectivity index (χ1) is 11.2. The fourth-order valence-corrected chi connectivity index (χ4v) is 2.22. The molecule has 0 saturated heterocycles. The van der Waals surface area contributed by atoms with E-state index in [0.29, 0.717) is 13.0 Å². The number of ether oxygens (including phenoxy) is 2. The molecule has 4 nitrogen and oxygen atoms in total. The number of rotatable bonds is 17. The molecule has 1 atom stereocenters. The molecule has 23 heavy (non-hydrogen) atoms. The first kappa shape index (κ1) is 22.1. The SMILES string of the molecule is C=CCCCCCCCCCC(=O)OCC(O)COCCCC. The normalized spacial score (nSPS) is 12.1. The highest BCUT2D eigenvalue weighted by atomic mass is 16.5. The van der Waals surface area contributed by atoms with Crippen molar-refractivity contribution in [3.63, 3.8) is 0 Å². The molecule has 136 valence electrons. The summed E-state index contributed by atoms with van der Waals surface area (Å²) in [5.74, 6) is -0.219. The predicted molar refractivity (Wildman–Crippen MR) is 94.4 cm³/mol. The third-order valence-electron chi connectivity index (χ3n) is 3.68. The second-order valence-electron chi connectivity index (χ2n) is 6.07. The zero-order chi connectivity index (χ0) is 17.2. The van der Waals surface area contributed by atoms with Crippen molar-refractivity contribution in [2.24, 2.45) is 0 Å². The van der Waals surface area contributed by atoms with Crippen molar-refractivity contribution < 1.29 is 19.4 Å². The molecule has 0 amide bonds. The molecule has 0 saturated carbocycles. The van der Waals surface area contributed by atoms with Crippen molar-refractivity contribution in [3.8, 4) is 0 Å². The highest BCUT2D eigenvalue weighted by Crippen LogP contribution is 2.10. The average molecular weight is 328 g/mol. The quantitative estimate of drug-likeness (QED) is 0.244. The maximum Gasteiger partial charge on any atom is 0.305 e. The number of carbonyl (C=O) groups is 1. The number of aliphatic hydroxyl groups excluding tert-OH is 1. The summed E-state index contributed by atoms with van der Waals surface area (Å²) in [4.78, 5) is 11.5. The molecule has 0 aromatic rings. The molecule has 0 aliphatic rings. The molecule has 0 rings (SSSR count). The molecule has 1 unspecified atom stereocenters. The monoisotopic (exact) mass is 328 g/mol. The molecular weight excluding hydrogens is 292 g/mol. The summed E-state index contributed by atoms with van der Waals surface area (Å²) in [5, 5.41) is 9.62. The standard InChI is InChI=1S/C19H36O4/c1-3-5-7-8-9-10-11-12-13-14-19(21)23-17-18(20)16-22-15-6-4-2/h3,18,20H,1,4-17H2,2H3. The molecule has 0 aliphatic carbocycles. The van der Waals surface area contributed by atoms with E-state index in [0.717, 1.165) is 32.1 Å². The van der Waals surface area contributed by atoms with Crippen LogP contribution in [0.2, 0.25) is 0 Å². The summed E-state index contributed by atoms with van der Waals surface area (Å²) in [5.41, 5.74) is 0. The maximum absolute atomic E-state index is 11.5. The van der Waals surface area contributed by atoms with Gasteiger partial charge >= 0.3 is 5.97 Å². The van der Waals surface area contributed by atoms with Gasteiger partial charge in [0.25, 0.3) is 0 Å². The number of carbonyl (C=O) groups excluding carboxylic acids is 1. The van der Waals surface area contributed by atoms with Crippen molar-refractivity contribution in [2.45, 2.75) is 83.7 Å². The summed E-state index contributed by atoms with van der Waals surface area (Å²) in [6.07, 6.45) is 13.0. The number of allylic oxidation sites excluding steroid dienone is 1. The van der Waals surface area contributed by atoms with Gasteiger partial charge in [0.1, 0.15) is 12.7 Å². The Balaban J connectivity index is 3.31. The van der Waals surface area contributed by atoms with Crippen molar-refractivity contribution in [3.05, 3.63) is 12.7 Å². The van der Waals surface area contributed by atoms with Crippen LogP contribution in [0.5, 0.6) is 0 Å². The van der Waals surface area contributed by atoms with Crippen LogP contribution in [0.1, 0.15) is 77.6 Å². The van der Waals surface area contributed by atoms with Gasteiger partial charge in [-0.25, -0.2) is 0 Å². The van der Waals surface area contributed by atoms with Crippen molar-refractivity contribution >= 4 is 5.97 Å². The molecule has 0 aromatic heterocycles. The second-order valence-corrected chi connectivity index (χ2v) is 6.07. The van der Waals surface area contributed by atoms with E-state index in [1.165, 1.54) is 32.1 Å². The highest BCUT2D eigenvalue weighted by molar-refractivity contribution is 5.69. The highest BCUT2D eigenvalue weighted by Gasteiger charge is 2.08. The van der Waals surface area contributed by atoms with E-state index in [-0.39, 0.29) is 19.2 Å². The first-order valence-corrected chi connectivity index (χ1v) is 9.23. The fraction of sp³-hybridized carbons (Fsp3) is 0.842. The predicted octanol–water partition coefficient (Wildman–Crippen LogP) is 4.40. The lowest BCUT2D eigenvalue weighted by molar-refractivity contribution is -0.147. The van der Waals surface area contributed by atoms with E-state index >= 15 is 0 Å². The Hall–Kier alpha value is -0.870. The van der Waals surface area contributed by atoms with Crippen molar-refractivity contribution in [2.75, 3.05) is 19.8 Å². The summed E-state index contributed by atoms with van der Waals surface area (Å²) >= 11 is 0. The third-order valence-corrected chi connectivity index (χ3v) is 3.68. The van der Waals surface area contributed by atoms with Crippen molar-refractivity contribution in [1.82, 2.24) is 0 Å². The van der Waals surface area contributed by atoms with Gasteiger partial charge in [-0.2, -0.15) is 0 Å². The van der Waals surface area contributed by atoms with E-state index in [1.807, 2.05) is 6.08 Å². The van der Waals surface area contributed by atoms with Crippen LogP contribution in [0.3, 0.4) is 0 Å². The lowest BCUT2D eigenvalue weighted by Crippen LogP contribution is -2.24. The first-order valence-electron chi connectivity index (χ1n) is 9.23. The molecule has 4 heteroatoms. The van der Waals surface area contributed by atoms with Gasteiger partial charge in [-0.15, -0.1) is 6.58 Å². The van der Waals surface area contributed by atoms with Gasteiger partial charge in [-0.05, 0) is 25.7 Å². The molecule has 0 radical (unpaired) electrons. The third kappa shape index (κ3) is 17.3. The number of hydrogen-bond donors (Lipinski definition) is 1. The summed E-state index contributed by atoms with van der Waals surface area (Å²) in [7, 11) is 0. The van der Waals surface area contributed by atoms with Gasteiger partial charge in [0, 0.05) is 13.0 Å². The van der Waals surface area contributed by atoms with Crippen LogP contribution in [0.15, 0.2) is 12.7 Å². The minimum Gasteiger partial charge on any atom is -0.463 e. The van der Waals surface area contributed by atoms with Gasteiger partial charge in [0.15, 0.2) is 0 Å². The van der Waals surface area contributed by atoms with E-state index in [1.54, 1.807) is 0 Å². The Bertz CT molecular complexity index is 279. The molecule has 0 bridgehead atoms. The van der Waals surface area contributed by atoms with Gasteiger partial charge in [0.05, 0.1) is 6.61 Å². The van der Waals surface area contributed by atoms with Crippen LogP contribution in [0.4, 0.5) is 0 Å². The summed E-state index contributed by atoms with van der Waals surface area (Å²) in [6.45, 7) is 6.72. The van der Waals surface area contributed by atoms with Crippen LogP contribution in [-0.4, -0.2) is 37.0 Å². The van der Waals surface area contributed by atoms with Gasteiger partial charge in [0.2, 0.25) is 0 Å².